The highest BCUT2D eigenvalue weighted by atomic mass is 16.5. The molecule has 2 saturated carbocycles. The molecule has 2 amide bonds. The summed E-state index contributed by atoms with van der Waals surface area (Å²) in [6.45, 7) is -0.499. The number of hydrogen-bond donors (Lipinski definition) is 0. The van der Waals surface area contributed by atoms with Crippen LogP contribution in [-0.4, -0.2) is 43.3 Å². The fourth-order valence-electron chi connectivity index (χ4n) is 7.47. The highest BCUT2D eigenvalue weighted by Crippen LogP contribution is 2.61. The van der Waals surface area contributed by atoms with Gasteiger partial charge in [0.15, 0.2) is 12.4 Å². The van der Waals surface area contributed by atoms with E-state index in [4.69, 9.17) is 14.2 Å². The number of methoxy groups -OCH3 is 1. The van der Waals surface area contributed by atoms with E-state index in [2.05, 4.69) is 12.1 Å². The van der Waals surface area contributed by atoms with Crippen molar-refractivity contribution < 1.29 is 38.2 Å². The molecule has 7 rings (SSSR count). The van der Waals surface area contributed by atoms with Gasteiger partial charge in [-0.25, -0.2) is 9.59 Å². The van der Waals surface area contributed by atoms with Crippen molar-refractivity contribution in [1.29, 1.82) is 0 Å². The zero-order chi connectivity index (χ0) is 32.7. The van der Waals surface area contributed by atoms with Gasteiger partial charge in [0.1, 0.15) is 11.5 Å². The molecule has 1 saturated heterocycles. The zero-order valence-corrected chi connectivity index (χ0v) is 25.5. The van der Waals surface area contributed by atoms with E-state index in [1.54, 1.807) is 36.4 Å². The van der Waals surface area contributed by atoms with E-state index < -0.39 is 24.3 Å². The number of imide groups is 1. The number of amides is 2. The van der Waals surface area contributed by atoms with Gasteiger partial charge in [0.05, 0.1) is 35.8 Å². The Morgan fingerprint density at radius 1 is 0.702 bits per heavy atom. The second-order valence-corrected chi connectivity index (χ2v) is 12.2. The first-order valence-corrected chi connectivity index (χ1v) is 15.5. The van der Waals surface area contributed by atoms with Crippen LogP contribution in [0.2, 0.25) is 0 Å². The highest BCUT2D eigenvalue weighted by molar-refractivity contribution is 6.22. The summed E-state index contributed by atoms with van der Waals surface area (Å²) in [6.07, 6.45) is 1.81. The molecule has 0 aromatic heterocycles. The van der Waals surface area contributed by atoms with E-state index >= 15 is 0 Å². The Balaban J connectivity index is 0.943. The van der Waals surface area contributed by atoms with Crippen molar-refractivity contribution in [2.45, 2.75) is 18.8 Å². The number of esters is 2. The third kappa shape index (κ3) is 5.58. The van der Waals surface area contributed by atoms with Gasteiger partial charge >= 0.3 is 11.9 Å². The summed E-state index contributed by atoms with van der Waals surface area (Å²) in [6, 6.07) is 28.8. The molecular formula is C38H31NO8. The molecule has 9 heteroatoms. The number of hydrogen-bond acceptors (Lipinski definition) is 8. The molecule has 0 radical (unpaired) electrons. The SMILES string of the molecule is COc1cccc(C(=O)Oc2ccc(C(=O)COC(=O)c3ccc(N4C(=O)[C@@H]5[C@H]6C[C@@H]([C@@H]5C4=O)[C@H](c4ccccc4)C6)cc3)cc2)c1. The Kier molecular flexibility index (Phi) is 7.89. The Morgan fingerprint density at radius 3 is 2.13 bits per heavy atom. The van der Waals surface area contributed by atoms with Gasteiger partial charge in [-0.3, -0.25) is 19.3 Å². The lowest BCUT2D eigenvalue weighted by Crippen LogP contribution is -2.33. The molecule has 0 spiro atoms. The summed E-state index contributed by atoms with van der Waals surface area (Å²) in [5.74, 6) is -1.31. The van der Waals surface area contributed by atoms with Gasteiger partial charge in [0, 0.05) is 5.56 Å². The van der Waals surface area contributed by atoms with Crippen LogP contribution in [0, 0.1) is 23.7 Å². The van der Waals surface area contributed by atoms with E-state index in [0.29, 0.717) is 17.0 Å². The van der Waals surface area contributed by atoms with Crippen molar-refractivity contribution in [3.63, 3.8) is 0 Å². The van der Waals surface area contributed by atoms with E-state index in [1.807, 2.05) is 18.2 Å². The predicted octanol–water partition coefficient (Wildman–Crippen LogP) is 5.88. The first-order chi connectivity index (χ1) is 22.8. The van der Waals surface area contributed by atoms with Gasteiger partial charge in [-0.15, -0.1) is 0 Å². The maximum Gasteiger partial charge on any atom is 0.343 e. The van der Waals surface area contributed by atoms with Gasteiger partial charge < -0.3 is 14.2 Å². The zero-order valence-electron chi connectivity index (χ0n) is 25.5. The van der Waals surface area contributed by atoms with E-state index in [0.717, 1.165) is 12.8 Å². The Hall–Kier alpha value is -5.57. The van der Waals surface area contributed by atoms with Gasteiger partial charge in [0.2, 0.25) is 11.8 Å². The van der Waals surface area contributed by atoms with Crippen LogP contribution in [0.3, 0.4) is 0 Å². The van der Waals surface area contributed by atoms with Crippen LogP contribution in [-0.2, 0) is 14.3 Å². The van der Waals surface area contributed by atoms with Crippen LogP contribution in [0.25, 0.3) is 0 Å². The van der Waals surface area contributed by atoms with E-state index in [1.165, 1.54) is 54.0 Å². The molecule has 236 valence electrons. The van der Waals surface area contributed by atoms with Crippen molar-refractivity contribution in [3.05, 3.63) is 125 Å². The van der Waals surface area contributed by atoms with Crippen molar-refractivity contribution >= 4 is 35.2 Å². The molecule has 5 atom stereocenters. The third-order valence-corrected chi connectivity index (χ3v) is 9.63. The largest absolute Gasteiger partial charge is 0.497 e. The van der Waals surface area contributed by atoms with Gasteiger partial charge in [-0.05, 0) is 103 Å². The van der Waals surface area contributed by atoms with Gasteiger partial charge in [-0.1, -0.05) is 36.4 Å². The number of anilines is 1. The fraction of sp³-hybridized carbons (Fsp3) is 0.237. The summed E-state index contributed by atoms with van der Waals surface area (Å²) < 4.78 is 15.7. The second kappa shape index (κ2) is 12.3. The quantitative estimate of drug-likeness (QED) is 0.0975. The lowest BCUT2D eigenvalue weighted by atomic mass is 9.73. The summed E-state index contributed by atoms with van der Waals surface area (Å²) >= 11 is 0. The topological polar surface area (TPSA) is 116 Å². The van der Waals surface area contributed by atoms with Crippen molar-refractivity contribution in [2.24, 2.45) is 23.7 Å². The van der Waals surface area contributed by atoms with Crippen LogP contribution >= 0.6 is 0 Å². The number of ether oxygens (including phenoxy) is 3. The average Bonchev–Trinajstić information content (AvgIpc) is 3.78. The summed E-state index contributed by atoms with van der Waals surface area (Å²) in [5, 5.41) is 0. The first kappa shape index (κ1) is 30.1. The molecule has 2 bridgehead atoms. The molecule has 47 heavy (non-hydrogen) atoms. The molecule has 9 nitrogen and oxygen atoms in total. The van der Waals surface area contributed by atoms with Crippen molar-refractivity contribution in [1.82, 2.24) is 0 Å². The maximum atomic E-state index is 13.6. The number of nitrogens with zero attached hydrogens (tertiary/aromatic N) is 1. The minimum atomic E-state index is -0.714. The van der Waals surface area contributed by atoms with Crippen LogP contribution < -0.4 is 14.4 Å². The smallest absolute Gasteiger partial charge is 0.343 e. The fourth-order valence-corrected chi connectivity index (χ4v) is 7.47. The van der Waals surface area contributed by atoms with Crippen molar-refractivity contribution in [2.75, 3.05) is 18.6 Å². The molecule has 0 unspecified atom stereocenters. The molecule has 1 heterocycles. The van der Waals surface area contributed by atoms with Crippen LogP contribution in [0.5, 0.6) is 11.5 Å². The number of fused-ring (bicyclic) bond motifs is 5. The highest BCUT2D eigenvalue weighted by Gasteiger charge is 2.64. The lowest BCUT2D eigenvalue weighted by molar-refractivity contribution is -0.123. The Morgan fingerprint density at radius 2 is 1.40 bits per heavy atom. The monoisotopic (exact) mass is 629 g/mol. The predicted molar refractivity (Wildman–Crippen MR) is 170 cm³/mol. The number of benzene rings is 4. The lowest BCUT2D eigenvalue weighted by Gasteiger charge is -2.28. The summed E-state index contributed by atoms with van der Waals surface area (Å²) in [5.41, 5.74) is 2.42. The van der Waals surface area contributed by atoms with Crippen molar-refractivity contribution in [3.8, 4) is 11.5 Å². The molecular weight excluding hydrogens is 598 g/mol. The number of carbonyl (C=O) groups is 5. The Labute approximate surface area is 271 Å². The number of Topliss-reactive ketones (excluding diaryl/α,β-unsaturated/α-hetero) is 1. The number of carbonyl (C=O) groups excluding carboxylic acids is 5. The molecule has 1 aliphatic heterocycles. The molecule has 4 aromatic carbocycles. The average molecular weight is 630 g/mol. The van der Waals surface area contributed by atoms with E-state index in [9.17, 15) is 24.0 Å². The van der Waals surface area contributed by atoms with Gasteiger partial charge in [0.25, 0.3) is 0 Å². The minimum absolute atomic E-state index is 0.144. The molecule has 2 aliphatic carbocycles. The van der Waals surface area contributed by atoms with Gasteiger partial charge in [-0.2, -0.15) is 0 Å². The van der Waals surface area contributed by atoms with Crippen LogP contribution in [0.1, 0.15) is 55.4 Å². The molecule has 3 aliphatic rings. The minimum Gasteiger partial charge on any atom is -0.497 e. The molecule has 0 N–H and O–H groups in total. The maximum absolute atomic E-state index is 13.6. The van der Waals surface area contributed by atoms with E-state index in [-0.39, 0.29) is 58.3 Å². The number of ketones is 1. The summed E-state index contributed by atoms with van der Waals surface area (Å²) in [4.78, 5) is 66.2. The normalized spacial score (nSPS) is 22.6. The standard InChI is InChI=1S/C38H31NO8/c1-45-29-9-5-8-25(18-29)38(44)47-28-16-12-23(13-17-28)32(40)21-46-37(43)24-10-14-27(15-11-24)39-35(41)33-26-19-30(22-6-3-2-4-7-22)31(20-26)34(33)36(39)42/h2-18,26,30-31,33-34H,19-21H2,1H3/t26-,30+,31-,33-,34+/m1/s1. The molecule has 3 fully saturated rings. The van der Waals surface area contributed by atoms with Crippen LogP contribution in [0.4, 0.5) is 5.69 Å². The molecule has 4 aromatic rings. The second-order valence-electron chi connectivity index (χ2n) is 12.2. The number of rotatable bonds is 9. The van der Waals surface area contributed by atoms with Crippen LogP contribution in [0.15, 0.2) is 103 Å². The summed E-state index contributed by atoms with van der Waals surface area (Å²) in [7, 11) is 1.50. The first-order valence-electron chi connectivity index (χ1n) is 15.5. The third-order valence-electron chi connectivity index (χ3n) is 9.63. The Bertz CT molecular complexity index is 1870.